The van der Waals surface area contributed by atoms with Crippen LogP contribution in [0.3, 0.4) is 0 Å². The van der Waals surface area contributed by atoms with Gasteiger partial charge in [-0.2, -0.15) is 0 Å². The monoisotopic (exact) mass is 428 g/mol. The van der Waals surface area contributed by atoms with Gasteiger partial charge in [0.1, 0.15) is 15.5 Å². The standard InChI is InChI=1S/C17H17ClN2O5S2/c1-17(16(22)19-27(23,24)15-3-2-10-26-15)8-9-20(17)14(21)11-25-13-6-4-12(18)5-7-13/h2-7,10H,8-9,11H2,1H3,(H,19,22). The molecule has 144 valence electrons. The van der Waals surface area contributed by atoms with Gasteiger partial charge in [-0.3, -0.25) is 9.59 Å². The van der Waals surface area contributed by atoms with Crippen LogP contribution >= 0.6 is 22.9 Å². The number of thiophene rings is 1. The first kappa shape index (κ1) is 19.7. The number of likely N-dealkylation sites (tertiary alicyclic amines) is 1. The van der Waals surface area contributed by atoms with E-state index in [1.165, 1.54) is 17.9 Å². The van der Waals surface area contributed by atoms with Gasteiger partial charge in [-0.05, 0) is 49.1 Å². The first-order chi connectivity index (χ1) is 12.7. The van der Waals surface area contributed by atoms with Gasteiger partial charge in [0.15, 0.2) is 6.61 Å². The molecule has 0 spiro atoms. The summed E-state index contributed by atoms with van der Waals surface area (Å²) in [6.45, 7) is 1.63. The lowest BCUT2D eigenvalue weighted by Crippen LogP contribution is -2.68. The SMILES string of the molecule is CC1(C(=O)NS(=O)(=O)c2cccs2)CCN1C(=O)COc1ccc(Cl)cc1. The van der Waals surface area contributed by atoms with Crippen molar-refractivity contribution in [2.24, 2.45) is 0 Å². The van der Waals surface area contributed by atoms with Crippen LogP contribution in [0.25, 0.3) is 0 Å². The quantitative estimate of drug-likeness (QED) is 0.761. The molecule has 0 aliphatic carbocycles. The van der Waals surface area contributed by atoms with Gasteiger partial charge in [-0.25, -0.2) is 13.1 Å². The summed E-state index contributed by atoms with van der Waals surface area (Å²) in [6, 6.07) is 9.53. The van der Waals surface area contributed by atoms with Gasteiger partial charge in [0, 0.05) is 11.6 Å². The lowest BCUT2D eigenvalue weighted by Gasteiger charge is -2.48. The number of hydrogen-bond acceptors (Lipinski definition) is 6. The van der Waals surface area contributed by atoms with Crippen LogP contribution in [-0.2, 0) is 19.6 Å². The highest BCUT2D eigenvalue weighted by Gasteiger charge is 2.50. The Morgan fingerprint density at radius 3 is 2.56 bits per heavy atom. The van der Waals surface area contributed by atoms with Crippen LogP contribution in [0.4, 0.5) is 0 Å². The Balaban J connectivity index is 1.63. The van der Waals surface area contributed by atoms with Crippen LogP contribution in [0.1, 0.15) is 13.3 Å². The summed E-state index contributed by atoms with van der Waals surface area (Å²) < 4.78 is 32.0. The van der Waals surface area contributed by atoms with Gasteiger partial charge in [0.05, 0.1) is 0 Å². The van der Waals surface area contributed by atoms with Crippen LogP contribution in [0.2, 0.25) is 5.02 Å². The number of nitrogens with zero attached hydrogens (tertiary/aromatic N) is 1. The minimum Gasteiger partial charge on any atom is -0.484 e. The highest BCUT2D eigenvalue weighted by atomic mass is 35.5. The molecule has 1 aliphatic heterocycles. The average Bonchev–Trinajstić information content (AvgIpc) is 3.15. The fourth-order valence-corrected chi connectivity index (χ4v) is 4.84. The van der Waals surface area contributed by atoms with Gasteiger partial charge in [-0.15, -0.1) is 11.3 Å². The van der Waals surface area contributed by atoms with Crippen molar-refractivity contribution in [1.29, 1.82) is 0 Å². The molecule has 1 atom stereocenters. The smallest absolute Gasteiger partial charge is 0.273 e. The molecule has 7 nitrogen and oxygen atoms in total. The Morgan fingerprint density at radius 2 is 2.00 bits per heavy atom. The average molecular weight is 429 g/mol. The second-order valence-corrected chi connectivity index (χ2v) is 9.47. The third-order valence-electron chi connectivity index (χ3n) is 4.37. The molecule has 0 bridgehead atoms. The molecular weight excluding hydrogens is 412 g/mol. The van der Waals surface area contributed by atoms with Crippen molar-refractivity contribution < 1.29 is 22.7 Å². The minimum atomic E-state index is -3.95. The maximum atomic E-state index is 12.5. The number of amides is 2. The topological polar surface area (TPSA) is 92.8 Å². The largest absolute Gasteiger partial charge is 0.484 e. The number of sulfonamides is 1. The van der Waals surface area contributed by atoms with Gasteiger partial charge < -0.3 is 9.64 Å². The Morgan fingerprint density at radius 1 is 1.30 bits per heavy atom. The maximum absolute atomic E-state index is 12.5. The Bertz CT molecular complexity index is 944. The van der Waals surface area contributed by atoms with Crippen molar-refractivity contribution in [3.63, 3.8) is 0 Å². The Hall–Kier alpha value is -2.10. The summed E-state index contributed by atoms with van der Waals surface area (Å²) in [6.07, 6.45) is 0.367. The third kappa shape index (κ3) is 4.10. The fourth-order valence-electron chi connectivity index (χ4n) is 2.65. The van der Waals surface area contributed by atoms with E-state index in [0.29, 0.717) is 23.7 Å². The van der Waals surface area contributed by atoms with E-state index in [1.807, 2.05) is 0 Å². The van der Waals surface area contributed by atoms with Crippen molar-refractivity contribution in [3.05, 3.63) is 46.8 Å². The lowest BCUT2D eigenvalue weighted by molar-refractivity contribution is -0.158. The molecule has 1 fully saturated rings. The molecule has 0 saturated carbocycles. The van der Waals surface area contributed by atoms with Crippen LogP contribution in [0.15, 0.2) is 46.0 Å². The van der Waals surface area contributed by atoms with Gasteiger partial charge >= 0.3 is 0 Å². The van der Waals surface area contributed by atoms with Crippen LogP contribution in [0.5, 0.6) is 5.75 Å². The highest BCUT2D eigenvalue weighted by molar-refractivity contribution is 7.92. The molecule has 1 N–H and O–H groups in total. The molecule has 1 unspecified atom stereocenters. The number of rotatable bonds is 6. The highest BCUT2D eigenvalue weighted by Crippen LogP contribution is 2.31. The summed E-state index contributed by atoms with van der Waals surface area (Å²) in [5, 5.41) is 2.15. The van der Waals surface area contributed by atoms with E-state index >= 15 is 0 Å². The number of nitrogens with one attached hydrogen (secondary N) is 1. The molecule has 2 heterocycles. The predicted octanol–water partition coefficient (Wildman–Crippen LogP) is 2.28. The Kier molecular flexibility index (Phi) is 5.45. The van der Waals surface area contributed by atoms with E-state index in [0.717, 1.165) is 11.3 Å². The Labute approximate surface area is 165 Å². The summed E-state index contributed by atoms with van der Waals surface area (Å²) in [5.41, 5.74) is -1.23. The molecule has 0 radical (unpaired) electrons. The number of carbonyl (C=O) groups is 2. The lowest BCUT2D eigenvalue weighted by atomic mass is 9.86. The second kappa shape index (κ2) is 7.49. The van der Waals surface area contributed by atoms with E-state index in [1.54, 1.807) is 35.7 Å². The predicted molar refractivity (Wildman–Crippen MR) is 101 cm³/mol. The molecule has 3 rings (SSSR count). The summed E-state index contributed by atoms with van der Waals surface area (Å²) in [4.78, 5) is 26.3. The maximum Gasteiger partial charge on any atom is 0.273 e. The van der Waals surface area contributed by atoms with E-state index < -0.39 is 27.4 Å². The first-order valence-electron chi connectivity index (χ1n) is 8.02. The molecule has 10 heteroatoms. The second-order valence-electron chi connectivity index (χ2n) is 6.18. The zero-order valence-electron chi connectivity index (χ0n) is 14.3. The first-order valence-corrected chi connectivity index (χ1v) is 10.8. The summed E-state index contributed by atoms with van der Waals surface area (Å²) in [5.74, 6) is -0.663. The summed E-state index contributed by atoms with van der Waals surface area (Å²) >= 11 is 6.80. The van der Waals surface area contributed by atoms with Crippen molar-refractivity contribution in [3.8, 4) is 5.75 Å². The molecular formula is C17H17ClN2O5S2. The molecule has 2 aromatic rings. The number of ether oxygens (including phenoxy) is 1. The fraction of sp³-hybridized carbons (Fsp3) is 0.294. The number of carbonyl (C=O) groups excluding carboxylic acids is 2. The molecule has 1 aromatic carbocycles. The van der Waals surface area contributed by atoms with Crippen molar-refractivity contribution in [2.75, 3.05) is 13.2 Å². The molecule has 1 aliphatic rings. The molecule has 1 aromatic heterocycles. The number of halogens is 1. The van der Waals surface area contributed by atoms with E-state index in [9.17, 15) is 18.0 Å². The zero-order chi connectivity index (χ0) is 19.7. The van der Waals surface area contributed by atoms with Gasteiger partial charge in [0.25, 0.3) is 21.8 Å². The van der Waals surface area contributed by atoms with Crippen LogP contribution in [-0.4, -0.2) is 43.8 Å². The molecule has 2 amide bonds. The van der Waals surface area contributed by atoms with Crippen molar-refractivity contribution >= 4 is 44.8 Å². The van der Waals surface area contributed by atoms with Gasteiger partial charge in [-0.1, -0.05) is 17.7 Å². The molecule has 1 saturated heterocycles. The van der Waals surface area contributed by atoms with Crippen LogP contribution < -0.4 is 9.46 Å². The molecule has 27 heavy (non-hydrogen) atoms. The third-order valence-corrected chi connectivity index (χ3v) is 7.35. The number of benzene rings is 1. The normalized spacial score (nSPS) is 19.3. The van der Waals surface area contributed by atoms with Gasteiger partial charge in [0.2, 0.25) is 0 Å². The van der Waals surface area contributed by atoms with Crippen molar-refractivity contribution in [1.82, 2.24) is 9.62 Å². The number of hydrogen-bond donors (Lipinski definition) is 1. The minimum absolute atomic E-state index is 0.0442. The zero-order valence-corrected chi connectivity index (χ0v) is 16.7. The van der Waals surface area contributed by atoms with Crippen LogP contribution in [0, 0.1) is 0 Å². The van der Waals surface area contributed by atoms with E-state index in [4.69, 9.17) is 16.3 Å². The van der Waals surface area contributed by atoms with E-state index in [2.05, 4.69) is 4.72 Å². The van der Waals surface area contributed by atoms with E-state index in [-0.39, 0.29) is 10.8 Å². The van der Waals surface area contributed by atoms with Crippen molar-refractivity contribution in [2.45, 2.75) is 23.1 Å². The summed E-state index contributed by atoms with van der Waals surface area (Å²) in [7, 11) is -3.95.